The fourth-order valence-corrected chi connectivity index (χ4v) is 2.99. The quantitative estimate of drug-likeness (QED) is 0.847. The van der Waals surface area contributed by atoms with E-state index in [2.05, 4.69) is 4.98 Å². The summed E-state index contributed by atoms with van der Waals surface area (Å²) in [7, 11) is 0. The number of nitrogens with one attached hydrogen (secondary N) is 1. The highest BCUT2D eigenvalue weighted by Gasteiger charge is 2.29. The lowest BCUT2D eigenvalue weighted by molar-refractivity contribution is 0.0294. The summed E-state index contributed by atoms with van der Waals surface area (Å²) in [6, 6.07) is 4.48. The SMILES string of the molecule is Cc1c(C(=O)N2CCC(O)C(C)C2)[nH]c2ccc(F)cc12. The number of aliphatic hydroxyl groups excluding tert-OH is 1. The van der Waals surface area contributed by atoms with Crippen LogP contribution in [0.5, 0.6) is 0 Å². The minimum Gasteiger partial charge on any atom is -0.393 e. The van der Waals surface area contributed by atoms with Gasteiger partial charge in [-0.15, -0.1) is 0 Å². The van der Waals surface area contributed by atoms with Crippen molar-refractivity contribution in [3.05, 3.63) is 35.3 Å². The smallest absolute Gasteiger partial charge is 0.270 e. The molecule has 5 heteroatoms. The second-order valence-electron chi connectivity index (χ2n) is 5.90. The van der Waals surface area contributed by atoms with Crippen molar-refractivity contribution in [2.45, 2.75) is 26.4 Å². The standard InChI is InChI=1S/C16H19FN2O2/c1-9-8-19(6-5-14(9)20)16(21)15-10(2)12-7-11(17)3-4-13(12)18-15/h3-4,7,9,14,18,20H,5-6,8H2,1-2H3. The molecule has 21 heavy (non-hydrogen) atoms. The molecule has 0 saturated carbocycles. The zero-order valence-corrected chi connectivity index (χ0v) is 12.2. The zero-order chi connectivity index (χ0) is 15.1. The molecular weight excluding hydrogens is 271 g/mol. The first-order valence-electron chi connectivity index (χ1n) is 7.22. The van der Waals surface area contributed by atoms with Crippen molar-refractivity contribution in [3.63, 3.8) is 0 Å². The van der Waals surface area contributed by atoms with Gasteiger partial charge in [-0.3, -0.25) is 4.79 Å². The Morgan fingerprint density at radius 1 is 1.48 bits per heavy atom. The number of amides is 1. The van der Waals surface area contributed by atoms with E-state index in [-0.39, 0.29) is 23.7 Å². The monoisotopic (exact) mass is 290 g/mol. The van der Waals surface area contributed by atoms with E-state index in [1.54, 1.807) is 11.0 Å². The third-order valence-corrected chi connectivity index (χ3v) is 4.38. The van der Waals surface area contributed by atoms with Gasteiger partial charge in [0.2, 0.25) is 0 Å². The molecule has 2 N–H and O–H groups in total. The zero-order valence-electron chi connectivity index (χ0n) is 12.2. The summed E-state index contributed by atoms with van der Waals surface area (Å²) in [6.07, 6.45) is 0.257. The van der Waals surface area contributed by atoms with Gasteiger partial charge in [0, 0.05) is 24.0 Å². The van der Waals surface area contributed by atoms with E-state index >= 15 is 0 Å². The van der Waals surface area contributed by atoms with Gasteiger partial charge >= 0.3 is 0 Å². The number of nitrogens with zero attached hydrogens (tertiary/aromatic N) is 1. The Labute approximate surface area is 122 Å². The Morgan fingerprint density at radius 3 is 2.95 bits per heavy atom. The van der Waals surface area contributed by atoms with Gasteiger partial charge in [-0.2, -0.15) is 0 Å². The van der Waals surface area contributed by atoms with Crippen molar-refractivity contribution >= 4 is 16.8 Å². The van der Waals surface area contributed by atoms with Crippen molar-refractivity contribution in [2.75, 3.05) is 13.1 Å². The Hall–Kier alpha value is -1.88. The van der Waals surface area contributed by atoms with Crippen LogP contribution in [0, 0.1) is 18.7 Å². The first kappa shape index (κ1) is 14.1. The number of aliphatic hydroxyl groups is 1. The summed E-state index contributed by atoms with van der Waals surface area (Å²) in [4.78, 5) is 17.5. The van der Waals surface area contributed by atoms with Gasteiger partial charge in [0.25, 0.3) is 5.91 Å². The maximum Gasteiger partial charge on any atom is 0.270 e. The molecule has 3 rings (SSSR count). The van der Waals surface area contributed by atoms with E-state index in [9.17, 15) is 14.3 Å². The van der Waals surface area contributed by atoms with E-state index in [0.717, 1.165) is 16.5 Å². The summed E-state index contributed by atoms with van der Waals surface area (Å²) in [6.45, 7) is 4.86. The molecule has 0 bridgehead atoms. The van der Waals surface area contributed by atoms with Crippen LogP contribution < -0.4 is 0 Å². The van der Waals surface area contributed by atoms with E-state index in [1.165, 1.54) is 12.1 Å². The Balaban J connectivity index is 1.93. The number of rotatable bonds is 1. The lowest BCUT2D eigenvalue weighted by Gasteiger charge is -2.34. The Morgan fingerprint density at radius 2 is 2.24 bits per heavy atom. The highest BCUT2D eigenvalue weighted by molar-refractivity contribution is 6.00. The third-order valence-electron chi connectivity index (χ3n) is 4.38. The van der Waals surface area contributed by atoms with E-state index in [1.807, 2.05) is 13.8 Å². The van der Waals surface area contributed by atoms with Crippen LogP contribution in [0.3, 0.4) is 0 Å². The van der Waals surface area contributed by atoms with Crippen molar-refractivity contribution in [1.82, 2.24) is 9.88 Å². The number of hydrogen-bond acceptors (Lipinski definition) is 2. The molecular formula is C16H19FN2O2. The molecule has 2 unspecified atom stereocenters. The summed E-state index contributed by atoms with van der Waals surface area (Å²) >= 11 is 0. The first-order valence-corrected chi connectivity index (χ1v) is 7.22. The van der Waals surface area contributed by atoms with Gasteiger partial charge in [0.1, 0.15) is 11.5 Å². The number of likely N-dealkylation sites (tertiary alicyclic amines) is 1. The molecule has 2 heterocycles. The number of halogens is 1. The summed E-state index contributed by atoms with van der Waals surface area (Å²) in [5.41, 5.74) is 2.05. The number of fused-ring (bicyclic) bond motifs is 1. The van der Waals surface area contributed by atoms with Crippen LogP contribution in [0.1, 0.15) is 29.4 Å². The molecule has 1 aliphatic rings. The van der Waals surface area contributed by atoms with Crippen LogP contribution in [0.25, 0.3) is 10.9 Å². The number of H-pyrrole nitrogens is 1. The molecule has 0 radical (unpaired) electrons. The van der Waals surface area contributed by atoms with E-state index < -0.39 is 0 Å². The predicted molar refractivity (Wildman–Crippen MR) is 78.7 cm³/mol. The molecule has 112 valence electrons. The van der Waals surface area contributed by atoms with Crippen molar-refractivity contribution < 1.29 is 14.3 Å². The third kappa shape index (κ3) is 2.42. The number of aromatic nitrogens is 1. The molecule has 2 aromatic rings. The molecule has 0 spiro atoms. The number of hydrogen-bond donors (Lipinski definition) is 2. The van der Waals surface area contributed by atoms with Crippen molar-refractivity contribution in [1.29, 1.82) is 0 Å². The maximum atomic E-state index is 13.3. The largest absolute Gasteiger partial charge is 0.393 e. The summed E-state index contributed by atoms with van der Waals surface area (Å²) in [5, 5.41) is 10.5. The Bertz CT molecular complexity index is 695. The van der Waals surface area contributed by atoms with Crippen LogP contribution in [-0.4, -0.2) is 40.1 Å². The van der Waals surface area contributed by atoms with Gasteiger partial charge in [-0.05, 0) is 43.0 Å². The average molecular weight is 290 g/mol. The Kier molecular flexibility index (Phi) is 3.45. The number of carbonyl (C=O) groups excluding carboxylic acids is 1. The molecule has 1 fully saturated rings. The summed E-state index contributed by atoms with van der Waals surface area (Å²) in [5.74, 6) is -0.314. The van der Waals surface area contributed by atoms with Crippen LogP contribution in [-0.2, 0) is 0 Å². The van der Waals surface area contributed by atoms with Crippen molar-refractivity contribution in [2.24, 2.45) is 5.92 Å². The molecule has 1 saturated heterocycles. The van der Waals surface area contributed by atoms with Crippen LogP contribution in [0.4, 0.5) is 4.39 Å². The molecule has 2 atom stereocenters. The molecule has 1 aromatic heterocycles. The van der Waals surface area contributed by atoms with Gasteiger partial charge in [-0.1, -0.05) is 6.92 Å². The average Bonchev–Trinajstić information content (AvgIpc) is 2.78. The molecule has 1 amide bonds. The number of benzene rings is 1. The molecule has 4 nitrogen and oxygen atoms in total. The topological polar surface area (TPSA) is 56.3 Å². The minimum absolute atomic E-state index is 0.0739. The van der Waals surface area contributed by atoms with Gasteiger partial charge in [0.05, 0.1) is 6.10 Å². The van der Waals surface area contributed by atoms with E-state index in [0.29, 0.717) is 25.2 Å². The highest BCUT2D eigenvalue weighted by atomic mass is 19.1. The summed E-state index contributed by atoms with van der Waals surface area (Å²) < 4.78 is 13.3. The van der Waals surface area contributed by atoms with Gasteiger partial charge < -0.3 is 15.0 Å². The van der Waals surface area contributed by atoms with Gasteiger partial charge in [0.15, 0.2) is 0 Å². The first-order chi connectivity index (χ1) is 9.97. The predicted octanol–water partition coefficient (Wildman–Crippen LogP) is 2.46. The van der Waals surface area contributed by atoms with Crippen molar-refractivity contribution in [3.8, 4) is 0 Å². The normalized spacial score (nSPS) is 22.8. The fourth-order valence-electron chi connectivity index (χ4n) is 2.99. The number of carbonyl (C=O) groups is 1. The molecule has 1 aromatic carbocycles. The minimum atomic E-state index is -0.341. The fraction of sp³-hybridized carbons (Fsp3) is 0.438. The molecule has 1 aliphatic heterocycles. The van der Waals surface area contributed by atoms with E-state index in [4.69, 9.17) is 0 Å². The second kappa shape index (κ2) is 5.15. The number of piperidine rings is 1. The highest BCUT2D eigenvalue weighted by Crippen LogP contribution is 2.25. The number of aryl methyl sites for hydroxylation is 1. The maximum absolute atomic E-state index is 13.3. The molecule has 0 aliphatic carbocycles. The van der Waals surface area contributed by atoms with Crippen LogP contribution >= 0.6 is 0 Å². The van der Waals surface area contributed by atoms with Crippen LogP contribution in [0.2, 0.25) is 0 Å². The lowest BCUT2D eigenvalue weighted by atomic mass is 9.96. The lowest BCUT2D eigenvalue weighted by Crippen LogP contribution is -2.45. The van der Waals surface area contributed by atoms with Crippen LogP contribution in [0.15, 0.2) is 18.2 Å². The number of aromatic amines is 1. The van der Waals surface area contributed by atoms with Gasteiger partial charge in [-0.25, -0.2) is 4.39 Å². The second-order valence-corrected chi connectivity index (χ2v) is 5.90.